The number of rotatable bonds is 2. The number of aromatic nitrogens is 2. The van der Waals surface area contributed by atoms with Gasteiger partial charge in [-0.05, 0) is 37.6 Å². The number of aryl methyl sites for hydroxylation is 2. The third-order valence-corrected chi connectivity index (χ3v) is 3.18. The molecule has 4 nitrogen and oxygen atoms in total. The number of halogens is 1. The van der Waals surface area contributed by atoms with Gasteiger partial charge < -0.3 is 11.1 Å². The van der Waals surface area contributed by atoms with Crippen molar-refractivity contribution in [2.75, 3.05) is 11.1 Å². The Morgan fingerprint density at radius 2 is 1.94 bits per heavy atom. The van der Waals surface area contributed by atoms with Gasteiger partial charge in [-0.15, -0.1) is 0 Å². The first-order valence-corrected chi connectivity index (χ1v) is 5.98. The SMILES string of the molecule is Cc1nc(N)cc(Nc2ccc(Br)c(C)c2)n1. The van der Waals surface area contributed by atoms with E-state index in [1.165, 1.54) is 0 Å². The lowest BCUT2D eigenvalue weighted by Gasteiger charge is -2.08. The number of anilines is 3. The predicted octanol–water partition coefficient (Wildman–Crippen LogP) is 3.18. The zero-order valence-electron chi connectivity index (χ0n) is 9.66. The molecule has 3 N–H and O–H groups in total. The molecule has 17 heavy (non-hydrogen) atoms. The third kappa shape index (κ3) is 2.94. The minimum absolute atomic E-state index is 0.467. The summed E-state index contributed by atoms with van der Waals surface area (Å²) in [6.07, 6.45) is 0. The molecule has 0 unspecified atom stereocenters. The minimum atomic E-state index is 0.467. The normalized spacial score (nSPS) is 10.3. The minimum Gasteiger partial charge on any atom is -0.384 e. The first-order chi connectivity index (χ1) is 8.04. The molecule has 0 aliphatic rings. The van der Waals surface area contributed by atoms with E-state index < -0.39 is 0 Å². The van der Waals surface area contributed by atoms with Gasteiger partial charge >= 0.3 is 0 Å². The van der Waals surface area contributed by atoms with E-state index in [4.69, 9.17) is 5.73 Å². The highest BCUT2D eigenvalue weighted by Gasteiger charge is 2.01. The molecule has 88 valence electrons. The molecule has 0 spiro atoms. The zero-order chi connectivity index (χ0) is 12.4. The van der Waals surface area contributed by atoms with Crippen molar-refractivity contribution in [3.05, 3.63) is 40.1 Å². The number of hydrogen-bond acceptors (Lipinski definition) is 4. The molecule has 0 aliphatic heterocycles. The highest BCUT2D eigenvalue weighted by atomic mass is 79.9. The summed E-state index contributed by atoms with van der Waals surface area (Å²) in [5, 5.41) is 3.20. The molecule has 0 saturated heterocycles. The fraction of sp³-hybridized carbons (Fsp3) is 0.167. The van der Waals surface area contributed by atoms with E-state index in [0.29, 0.717) is 17.5 Å². The van der Waals surface area contributed by atoms with Crippen molar-refractivity contribution in [1.29, 1.82) is 0 Å². The van der Waals surface area contributed by atoms with Crippen LogP contribution in [0.1, 0.15) is 11.4 Å². The first-order valence-electron chi connectivity index (χ1n) is 5.19. The Hall–Kier alpha value is -1.62. The van der Waals surface area contributed by atoms with Gasteiger partial charge in [-0.3, -0.25) is 0 Å². The first kappa shape index (κ1) is 11.9. The van der Waals surface area contributed by atoms with Crippen LogP contribution in [0.2, 0.25) is 0 Å². The van der Waals surface area contributed by atoms with Crippen molar-refractivity contribution >= 4 is 33.3 Å². The van der Waals surface area contributed by atoms with Crippen LogP contribution in [0.15, 0.2) is 28.7 Å². The van der Waals surface area contributed by atoms with Crippen LogP contribution in [0, 0.1) is 13.8 Å². The van der Waals surface area contributed by atoms with Crippen LogP contribution in [-0.4, -0.2) is 9.97 Å². The van der Waals surface area contributed by atoms with Gasteiger partial charge in [0.2, 0.25) is 0 Å². The fourth-order valence-electron chi connectivity index (χ4n) is 1.53. The molecule has 0 saturated carbocycles. The molecule has 0 aliphatic carbocycles. The summed E-state index contributed by atoms with van der Waals surface area (Å²) in [5.41, 5.74) is 7.80. The third-order valence-electron chi connectivity index (χ3n) is 2.29. The Balaban J connectivity index is 2.28. The van der Waals surface area contributed by atoms with Crippen LogP contribution in [0.5, 0.6) is 0 Å². The van der Waals surface area contributed by atoms with Crippen LogP contribution in [0.4, 0.5) is 17.3 Å². The molecule has 1 heterocycles. The van der Waals surface area contributed by atoms with Crippen LogP contribution in [0.3, 0.4) is 0 Å². The van der Waals surface area contributed by atoms with Gasteiger partial charge in [-0.1, -0.05) is 15.9 Å². The van der Waals surface area contributed by atoms with Gasteiger partial charge in [-0.2, -0.15) is 0 Å². The largest absolute Gasteiger partial charge is 0.384 e. The Kier molecular flexibility index (Phi) is 3.28. The maximum Gasteiger partial charge on any atom is 0.136 e. The second-order valence-corrected chi connectivity index (χ2v) is 4.67. The molecule has 1 aromatic carbocycles. The zero-order valence-corrected chi connectivity index (χ0v) is 11.2. The number of nitrogens with two attached hydrogens (primary N) is 1. The lowest BCUT2D eigenvalue weighted by Crippen LogP contribution is -2.00. The number of nitrogen functional groups attached to an aromatic ring is 1. The highest BCUT2D eigenvalue weighted by molar-refractivity contribution is 9.10. The quantitative estimate of drug-likeness (QED) is 0.892. The smallest absolute Gasteiger partial charge is 0.136 e. The van der Waals surface area contributed by atoms with Gasteiger partial charge in [0.1, 0.15) is 17.5 Å². The Labute approximate surface area is 108 Å². The lowest BCUT2D eigenvalue weighted by atomic mass is 10.2. The average Bonchev–Trinajstić information content (AvgIpc) is 2.22. The predicted molar refractivity (Wildman–Crippen MR) is 73.3 cm³/mol. The molecule has 0 bridgehead atoms. The lowest BCUT2D eigenvalue weighted by molar-refractivity contribution is 1.06. The molecule has 2 aromatic rings. The van der Waals surface area contributed by atoms with Gasteiger partial charge in [0, 0.05) is 16.2 Å². The van der Waals surface area contributed by atoms with Crippen LogP contribution >= 0.6 is 15.9 Å². The van der Waals surface area contributed by atoms with Crippen LogP contribution in [-0.2, 0) is 0 Å². The molecule has 1 aromatic heterocycles. The molecule has 2 rings (SSSR count). The molecular weight excluding hydrogens is 280 g/mol. The van der Waals surface area contributed by atoms with Gasteiger partial charge in [-0.25, -0.2) is 9.97 Å². The summed E-state index contributed by atoms with van der Waals surface area (Å²) >= 11 is 3.46. The average molecular weight is 293 g/mol. The Morgan fingerprint density at radius 3 is 2.59 bits per heavy atom. The van der Waals surface area contributed by atoms with E-state index >= 15 is 0 Å². The van der Waals surface area contributed by atoms with Gasteiger partial charge in [0.15, 0.2) is 0 Å². The van der Waals surface area contributed by atoms with Gasteiger partial charge in [0.25, 0.3) is 0 Å². The number of hydrogen-bond donors (Lipinski definition) is 2. The highest BCUT2D eigenvalue weighted by Crippen LogP contribution is 2.22. The molecule has 0 amide bonds. The standard InChI is InChI=1S/C12H13BrN4/c1-7-5-9(3-4-10(7)13)17-12-6-11(14)15-8(2)16-12/h3-6H,1-2H3,(H3,14,15,16,17). The topological polar surface area (TPSA) is 63.8 Å². The number of nitrogens with zero attached hydrogens (tertiary/aromatic N) is 2. The van der Waals surface area contributed by atoms with Crippen molar-refractivity contribution < 1.29 is 0 Å². The summed E-state index contributed by atoms with van der Waals surface area (Å²) in [6.45, 7) is 3.85. The second-order valence-electron chi connectivity index (χ2n) is 3.81. The molecular formula is C12H13BrN4. The second kappa shape index (κ2) is 4.71. The van der Waals surface area contributed by atoms with Gasteiger partial charge in [0.05, 0.1) is 0 Å². The summed E-state index contributed by atoms with van der Waals surface area (Å²) in [5.74, 6) is 1.83. The van der Waals surface area contributed by atoms with Crippen molar-refractivity contribution in [2.24, 2.45) is 0 Å². The number of benzene rings is 1. The maximum absolute atomic E-state index is 5.67. The van der Waals surface area contributed by atoms with E-state index in [2.05, 4.69) is 31.2 Å². The van der Waals surface area contributed by atoms with E-state index in [-0.39, 0.29) is 0 Å². The van der Waals surface area contributed by atoms with Crippen molar-refractivity contribution in [2.45, 2.75) is 13.8 Å². The van der Waals surface area contributed by atoms with Crippen molar-refractivity contribution in [1.82, 2.24) is 9.97 Å². The fourth-order valence-corrected chi connectivity index (χ4v) is 1.77. The molecule has 0 radical (unpaired) electrons. The number of nitrogens with one attached hydrogen (secondary N) is 1. The summed E-state index contributed by atoms with van der Waals surface area (Å²) < 4.78 is 1.08. The van der Waals surface area contributed by atoms with E-state index in [1.807, 2.05) is 32.0 Å². The van der Waals surface area contributed by atoms with Crippen molar-refractivity contribution in [3.63, 3.8) is 0 Å². The van der Waals surface area contributed by atoms with Crippen molar-refractivity contribution in [3.8, 4) is 0 Å². The monoisotopic (exact) mass is 292 g/mol. The van der Waals surface area contributed by atoms with E-state index in [0.717, 1.165) is 15.7 Å². The molecule has 5 heteroatoms. The molecule has 0 atom stereocenters. The Bertz CT molecular complexity index is 534. The summed E-state index contributed by atoms with van der Waals surface area (Å²) in [4.78, 5) is 8.29. The maximum atomic E-state index is 5.67. The van der Waals surface area contributed by atoms with E-state index in [1.54, 1.807) is 6.07 Å². The van der Waals surface area contributed by atoms with Crippen LogP contribution in [0.25, 0.3) is 0 Å². The summed E-state index contributed by atoms with van der Waals surface area (Å²) in [6, 6.07) is 7.72. The Morgan fingerprint density at radius 1 is 1.18 bits per heavy atom. The molecule has 0 fully saturated rings. The van der Waals surface area contributed by atoms with E-state index in [9.17, 15) is 0 Å². The van der Waals surface area contributed by atoms with Crippen LogP contribution < -0.4 is 11.1 Å². The summed E-state index contributed by atoms with van der Waals surface area (Å²) in [7, 11) is 0.